The minimum atomic E-state index is -3.62. The first-order valence-corrected chi connectivity index (χ1v) is 12.5. The molecule has 0 spiro atoms. The quantitative estimate of drug-likeness (QED) is 0.411. The average Bonchev–Trinajstić information content (AvgIpc) is 3.11. The third-order valence-corrected chi connectivity index (χ3v) is 7.50. The van der Waals surface area contributed by atoms with E-state index in [1.54, 1.807) is 0 Å². The fraction of sp³-hybridized carbons (Fsp3) is 0.192. The van der Waals surface area contributed by atoms with Gasteiger partial charge in [0, 0.05) is 36.2 Å². The Balaban J connectivity index is 1.48. The summed E-state index contributed by atoms with van der Waals surface area (Å²) in [6.45, 7) is 2.84. The zero-order valence-corrected chi connectivity index (χ0v) is 19.3. The van der Waals surface area contributed by atoms with Crippen molar-refractivity contribution in [2.75, 3.05) is 12.3 Å². The fourth-order valence-electron chi connectivity index (χ4n) is 4.00. The zero-order chi connectivity index (χ0) is 23.3. The molecule has 0 bridgehead atoms. The molecular formula is C26H27N3O3S. The van der Waals surface area contributed by atoms with Crippen LogP contribution in [0, 0.1) is 6.92 Å². The van der Waals surface area contributed by atoms with Crippen LogP contribution in [0.4, 0.5) is 4.79 Å². The van der Waals surface area contributed by atoms with E-state index in [4.69, 9.17) is 0 Å². The number of amides is 2. The first-order valence-electron chi connectivity index (χ1n) is 10.9. The molecule has 2 N–H and O–H groups in total. The summed E-state index contributed by atoms with van der Waals surface area (Å²) < 4.78 is 28.7. The van der Waals surface area contributed by atoms with Crippen molar-refractivity contribution in [2.45, 2.75) is 24.9 Å². The van der Waals surface area contributed by atoms with E-state index in [9.17, 15) is 13.2 Å². The van der Waals surface area contributed by atoms with E-state index >= 15 is 0 Å². The molecule has 0 radical (unpaired) electrons. The normalized spacial score (nSPS) is 11.4. The van der Waals surface area contributed by atoms with Crippen LogP contribution in [0.5, 0.6) is 0 Å². The molecule has 6 nitrogen and oxygen atoms in total. The molecule has 4 rings (SSSR count). The summed E-state index contributed by atoms with van der Waals surface area (Å²) in [5.41, 5.74) is 3.66. The number of carbonyl (C=O) groups excluding carboxylic acids is 1. The first-order chi connectivity index (χ1) is 16.0. The fourth-order valence-corrected chi connectivity index (χ4v) is 5.65. The minimum Gasteiger partial charge on any atom is -0.339 e. The van der Waals surface area contributed by atoms with Crippen LogP contribution >= 0.6 is 0 Å². The van der Waals surface area contributed by atoms with Gasteiger partial charge in [-0.25, -0.2) is 13.2 Å². The number of rotatable bonds is 8. The molecule has 170 valence electrons. The summed E-state index contributed by atoms with van der Waals surface area (Å²) in [6.07, 6.45) is 0. The van der Waals surface area contributed by atoms with Gasteiger partial charge in [0.15, 0.2) is 9.84 Å². The molecule has 3 aromatic carbocycles. The number of fused-ring (bicyclic) bond motifs is 1. The molecule has 0 fully saturated rings. The molecule has 0 unspecified atom stereocenters. The molecule has 0 saturated carbocycles. The highest BCUT2D eigenvalue weighted by Crippen LogP contribution is 2.31. The van der Waals surface area contributed by atoms with Crippen LogP contribution in [0.15, 0.2) is 89.8 Å². The maximum absolute atomic E-state index is 13.3. The van der Waals surface area contributed by atoms with Crippen molar-refractivity contribution in [3.05, 3.63) is 102 Å². The first kappa shape index (κ1) is 22.6. The SMILES string of the molecule is Cc1c(S(=O)(=O)CCNC(=O)NCc2ccccc2)c2ccccc2n1Cc1ccccc1. The minimum absolute atomic E-state index is 0.0284. The highest BCUT2D eigenvalue weighted by atomic mass is 32.2. The Kier molecular flexibility index (Phi) is 6.79. The second kappa shape index (κ2) is 9.92. The van der Waals surface area contributed by atoms with E-state index < -0.39 is 15.9 Å². The van der Waals surface area contributed by atoms with Gasteiger partial charge in [-0.3, -0.25) is 0 Å². The van der Waals surface area contributed by atoms with Gasteiger partial charge in [0.1, 0.15) is 0 Å². The van der Waals surface area contributed by atoms with Gasteiger partial charge in [-0.2, -0.15) is 0 Å². The lowest BCUT2D eigenvalue weighted by Crippen LogP contribution is -2.37. The van der Waals surface area contributed by atoms with Gasteiger partial charge < -0.3 is 15.2 Å². The Labute approximate surface area is 194 Å². The molecular weight excluding hydrogens is 434 g/mol. The second-order valence-electron chi connectivity index (χ2n) is 7.92. The van der Waals surface area contributed by atoms with Gasteiger partial charge in [0.25, 0.3) is 0 Å². The van der Waals surface area contributed by atoms with Gasteiger partial charge in [0.05, 0.1) is 10.6 Å². The van der Waals surface area contributed by atoms with Gasteiger partial charge in [0.2, 0.25) is 0 Å². The predicted octanol–water partition coefficient (Wildman–Crippen LogP) is 4.27. The zero-order valence-electron chi connectivity index (χ0n) is 18.5. The number of urea groups is 1. The number of nitrogens with one attached hydrogen (secondary N) is 2. The molecule has 1 aromatic heterocycles. The number of hydrogen-bond acceptors (Lipinski definition) is 3. The van der Waals surface area contributed by atoms with Crippen molar-refractivity contribution in [1.82, 2.24) is 15.2 Å². The van der Waals surface area contributed by atoms with Gasteiger partial charge in [-0.1, -0.05) is 78.9 Å². The van der Waals surface area contributed by atoms with E-state index in [1.165, 1.54) is 0 Å². The monoisotopic (exact) mass is 461 g/mol. The maximum atomic E-state index is 13.3. The molecule has 1 heterocycles. The smallest absolute Gasteiger partial charge is 0.315 e. The van der Waals surface area contributed by atoms with Crippen molar-refractivity contribution in [1.29, 1.82) is 0 Å². The lowest BCUT2D eigenvalue weighted by molar-refractivity contribution is 0.241. The van der Waals surface area contributed by atoms with Gasteiger partial charge in [-0.15, -0.1) is 0 Å². The summed E-state index contributed by atoms with van der Waals surface area (Å²) in [5.74, 6) is -0.175. The third kappa shape index (κ3) is 5.26. The van der Waals surface area contributed by atoms with E-state index in [-0.39, 0.29) is 12.3 Å². The highest BCUT2D eigenvalue weighted by Gasteiger charge is 2.25. The Hall–Kier alpha value is -3.58. The highest BCUT2D eigenvalue weighted by molar-refractivity contribution is 7.91. The van der Waals surface area contributed by atoms with Crippen molar-refractivity contribution >= 4 is 26.8 Å². The Morgan fingerprint density at radius 2 is 1.42 bits per heavy atom. The van der Waals surface area contributed by atoms with E-state index in [0.29, 0.717) is 29.1 Å². The number of benzene rings is 3. The topological polar surface area (TPSA) is 80.2 Å². The maximum Gasteiger partial charge on any atom is 0.315 e. The second-order valence-corrected chi connectivity index (χ2v) is 9.96. The Morgan fingerprint density at radius 1 is 0.818 bits per heavy atom. The van der Waals surface area contributed by atoms with Crippen LogP contribution in [0.1, 0.15) is 16.8 Å². The van der Waals surface area contributed by atoms with Gasteiger partial charge >= 0.3 is 6.03 Å². The van der Waals surface area contributed by atoms with E-state index in [1.807, 2.05) is 96.4 Å². The van der Waals surface area contributed by atoms with E-state index in [0.717, 1.165) is 16.6 Å². The molecule has 33 heavy (non-hydrogen) atoms. The molecule has 7 heteroatoms. The molecule has 4 aromatic rings. The number of para-hydroxylation sites is 1. The number of aromatic nitrogens is 1. The average molecular weight is 462 g/mol. The van der Waals surface area contributed by atoms with Crippen molar-refractivity contribution < 1.29 is 13.2 Å². The summed E-state index contributed by atoms with van der Waals surface area (Å²) in [6, 6.07) is 26.7. The Bertz CT molecular complexity index is 1350. The van der Waals surface area contributed by atoms with Crippen LogP contribution in [0.2, 0.25) is 0 Å². The molecule has 0 saturated heterocycles. The van der Waals surface area contributed by atoms with Crippen molar-refractivity contribution in [3.8, 4) is 0 Å². The van der Waals surface area contributed by atoms with Crippen LogP contribution in [-0.2, 0) is 22.9 Å². The van der Waals surface area contributed by atoms with Crippen molar-refractivity contribution in [3.63, 3.8) is 0 Å². The van der Waals surface area contributed by atoms with Crippen molar-refractivity contribution in [2.24, 2.45) is 0 Å². The number of nitrogens with zero attached hydrogens (tertiary/aromatic N) is 1. The Morgan fingerprint density at radius 3 is 2.12 bits per heavy atom. The predicted molar refractivity (Wildman–Crippen MR) is 131 cm³/mol. The lowest BCUT2D eigenvalue weighted by Gasteiger charge is -2.10. The summed E-state index contributed by atoms with van der Waals surface area (Å²) in [7, 11) is -3.62. The molecule has 0 aliphatic carbocycles. The van der Waals surface area contributed by atoms with E-state index in [2.05, 4.69) is 10.6 Å². The van der Waals surface area contributed by atoms with Crippen LogP contribution in [-0.4, -0.2) is 31.3 Å². The lowest BCUT2D eigenvalue weighted by atomic mass is 10.2. The van der Waals surface area contributed by atoms with Crippen LogP contribution in [0.3, 0.4) is 0 Å². The largest absolute Gasteiger partial charge is 0.339 e. The number of carbonyl (C=O) groups is 1. The molecule has 0 aliphatic heterocycles. The van der Waals surface area contributed by atoms with Crippen LogP contribution in [0.25, 0.3) is 10.9 Å². The summed E-state index contributed by atoms with van der Waals surface area (Å²) >= 11 is 0. The number of hydrogen-bond donors (Lipinski definition) is 2. The van der Waals surface area contributed by atoms with Gasteiger partial charge in [-0.05, 0) is 24.1 Å². The molecule has 2 amide bonds. The standard InChI is InChI=1S/C26H27N3O3S/c1-20-25(23-14-8-9-15-24(23)29(20)19-22-12-6-3-7-13-22)33(31,32)17-16-27-26(30)28-18-21-10-4-2-5-11-21/h2-15H,16-19H2,1H3,(H2,27,28,30). The summed E-state index contributed by atoms with van der Waals surface area (Å²) in [4.78, 5) is 12.4. The molecule has 0 aliphatic rings. The summed E-state index contributed by atoms with van der Waals surface area (Å²) in [5, 5.41) is 6.11. The van der Waals surface area contributed by atoms with Crippen LogP contribution < -0.4 is 10.6 Å². The molecule has 0 atom stereocenters. The number of sulfone groups is 1. The third-order valence-electron chi connectivity index (χ3n) is 5.62.